The number of para-hydroxylation sites is 2. The molecule has 0 fully saturated rings. The fourth-order valence-corrected chi connectivity index (χ4v) is 5.32. The molecule has 0 bridgehead atoms. The molecule has 0 N–H and O–H groups in total. The number of nitrogens with zero attached hydrogens (tertiary/aromatic N) is 5. The van der Waals surface area contributed by atoms with Gasteiger partial charge in [0.25, 0.3) is 10.0 Å². The summed E-state index contributed by atoms with van der Waals surface area (Å²) in [5.41, 5.74) is -0.171. The van der Waals surface area contributed by atoms with Gasteiger partial charge in [0.05, 0.1) is 15.9 Å². The smallest absolute Gasteiger partial charge is 0.425 e. The Labute approximate surface area is 240 Å². The van der Waals surface area contributed by atoms with Crippen LogP contribution in [0.4, 0.5) is 15.4 Å². The molecule has 2 amide bonds. The molecule has 2 aromatic heterocycles. The molecule has 41 heavy (non-hydrogen) atoms. The zero-order valence-electron chi connectivity index (χ0n) is 24.3. The number of amides is 2. The van der Waals surface area contributed by atoms with Crippen molar-refractivity contribution >= 4 is 52.5 Å². The fraction of sp³-hybridized carbons (Fsp3) is 0.321. The molecule has 0 aliphatic rings. The monoisotopic (exact) mass is 577 g/mol. The van der Waals surface area contributed by atoms with Gasteiger partial charge in [-0.05, 0) is 72.7 Å². The average Bonchev–Trinajstić information content (AvgIpc) is 3.23. The summed E-state index contributed by atoms with van der Waals surface area (Å²) in [6.07, 6.45) is -0.799. The fourth-order valence-electron chi connectivity index (χ4n) is 3.86. The summed E-state index contributed by atoms with van der Waals surface area (Å²) >= 11 is 0. The van der Waals surface area contributed by atoms with E-state index >= 15 is 0 Å². The number of hydrogen-bond acceptors (Lipinski definition) is 9. The molecular weight excluding hydrogens is 545 g/mol. The molecule has 4 aromatic rings. The molecule has 11 nitrogen and oxygen atoms in total. The lowest BCUT2D eigenvalue weighted by atomic mass is 10.1. The SMILES string of the molecule is Bc1cnc(N(C(=O)OC(C)(C)C)C(=O)OC(C)(C)C)c(-c2nc3ccccc3n2S(=O)(=O)c2ccc(C)cc2)n1. The number of rotatable bonds is 4. The van der Waals surface area contributed by atoms with Crippen molar-refractivity contribution < 1.29 is 27.5 Å². The molecule has 4 rings (SSSR count). The molecule has 0 aliphatic carbocycles. The Bertz CT molecular complexity index is 1710. The minimum atomic E-state index is -4.24. The molecule has 13 heteroatoms. The second kappa shape index (κ2) is 10.6. The normalized spacial score (nSPS) is 12.3. The highest BCUT2D eigenvalue weighted by atomic mass is 32.2. The van der Waals surface area contributed by atoms with E-state index in [1.807, 2.05) is 6.92 Å². The van der Waals surface area contributed by atoms with Gasteiger partial charge in [-0.25, -0.2) is 31.9 Å². The first-order valence-electron chi connectivity index (χ1n) is 12.9. The summed E-state index contributed by atoms with van der Waals surface area (Å²) in [5.74, 6) is -0.440. The number of hydrogen-bond donors (Lipinski definition) is 0. The van der Waals surface area contributed by atoms with Crippen LogP contribution in [0.25, 0.3) is 22.6 Å². The minimum absolute atomic E-state index is 0.0193. The highest BCUT2D eigenvalue weighted by molar-refractivity contribution is 7.90. The number of ether oxygens (including phenoxy) is 2. The van der Waals surface area contributed by atoms with E-state index in [0.29, 0.717) is 16.0 Å². The van der Waals surface area contributed by atoms with Crippen LogP contribution in [0.5, 0.6) is 0 Å². The van der Waals surface area contributed by atoms with E-state index in [2.05, 4.69) is 15.0 Å². The lowest BCUT2D eigenvalue weighted by Gasteiger charge is -2.28. The van der Waals surface area contributed by atoms with Gasteiger partial charge in [0, 0.05) is 11.8 Å². The molecule has 214 valence electrons. The number of anilines is 1. The van der Waals surface area contributed by atoms with Crippen molar-refractivity contribution in [3.05, 3.63) is 60.3 Å². The van der Waals surface area contributed by atoms with Crippen molar-refractivity contribution in [3.63, 3.8) is 0 Å². The molecule has 2 aromatic carbocycles. The van der Waals surface area contributed by atoms with E-state index in [9.17, 15) is 18.0 Å². The molecule has 0 atom stereocenters. The zero-order chi connectivity index (χ0) is 30.3. The molecule has 0 unspecified atom stereocenters. The number of imidazole rings is 1. The lowest BCUT2D eigenvalue weighted by Crippen LogP contribution is -2.44. The van der Waals surface area contributed by atoms with Crippen LogP contribution >= 0.6 is 0 Å². The first kappa shape index (κ1) is 29.7. The highest BCUT2D eigenvalue weighted by Gasteiger charge is 2.38. The number of aromatic nitrogens is 4. The summed E-state index contributed by atoms with van der Waals surface area (Å²) < 4.78 is 40.3. The van der Waals surface area contributed by atoms with E-state index < -0.39 is 33.4 Å². The minimum Gasteiger partial charge on any atom is -0.443 e. The maximum Gasteiger partial charge on any atom is 0.425 e. The molecular formula is C28H32BN5O6S. The molecule has 0 aliphatic heterocycles. The van der Waals surface area contributed by atoms with E-state index in [4.69, 9.17) is 9.47 Å². The Kier molecular flexibility index (Phi) is 7.70. The van der Waals surface area contributed by atoms with E-state index in [0.717, 1.165) is 9.54 Å². The molecule has 0 saturated carbocycles. The van der Waals surface area contributed by atoms with Crippen LogP contribution in [0.15, 0.2) is 59.6 Å². The van der Waals surface area contributed by atoms with Gasteiger partial charge in [-0.15, -0.1) is 0 Å². The quantitative estimate of drug-likeness (QED) is 0.330. The topological polar surface area (TPSA) is 134 Å². The van der Waals surface area contributed by atoms with Gasteiger partial charge < -0.3 is 9.47 Å². The Hall–Kier alpha value is -4.26. The zero-order valence-corrected chi connectivity index (χ0v) is 25.1. The molecule has 0 spiro atoms. The van der Waals surface area contributed by atoms with Crippen LogP contribution in [0, 0.1) is 6.92 Å². The van der Waals surface area contributed by atoms with Crippen molar-refractivity contribution in [2.75, 3.05) is 4.90 Å². The van der Waals surface area contributed by atoms with Crippen molar-refractivity contribution in [2.45, 2.75) is 64.6 Å². The summed E-state index contributed by atoms with van der Waals surface area (Å²) in [7, 11) is -2.59. The number of fused-ring (bicyclic) bond motifs is 1. The van der Waals surface area contributed by atoms with Crippen molar-refractivity contribution in [1.82, 2.24) is 18.9 Å². The Morgan fingerprint density at radius 2 is 1.44 bits per heavy atom. The third-order valence-corrected chi connectivity index (χ3v) is 7.25. The standard InChI is InChI=1S/C28H32BN5O6S/c1-17-12-14-18(15-13-17)41(37,38)34-20-11-9-8-10-19(20)31-24(34)22-23(30-16-21(29)32-22)33(25(35)39-27(2,3)4)26(36)40-28(5,6)7/h8-16H,29H2,1-7H3. The van der Waals surface area contributed by atoms with Crippen LogP contribution in [-0.4, -0.2) is 58.6 Å². The Morgan fingerprint density at radius 1 is 0.878 bits per heavy atom. The van der Waals surface area contributed by atoms with Gasteiger partial charge in [-0.3, -0.25) is 4.98 Å². The third kappa shape index (κ3) is 6.40. The van der Waals surface area contributed by atoms with Gasteiger partial charge in [0.15, 0.2) is 19.5 Å². The largest absolute Gasteiger partial charge is 0.443 e. The summed E-state index contributed by atoms with van der Waals surface area (Å²) in [6.45, 7) is 11.7. The van der Waals surface area contributed by atoms with Crippen LogP contribution in [0.2, 0.25) is 0 Å². The summed E-state index contributed by atoms with van der Waals surface area (Å²) in [4.78, 5) is 41.0. The lowest BCUT2D eigenvalue weighted by molar-refractivity contribution is 0.0429. The second-order valence-corrected chi connectivity index (χ2v) is 13.3. The molecule has 2 heterocycles. The van der Waals surface area contributed by atoms with Crippen LogP contribution in [-0.2, 0) is 19.5 Å². The van der Waals surface area contributed by atoms with Crippen molar-refractivity contribution in [2.24, 2.45) is 0 Å². The predicted octanol–water partition coefficient (Wildman–Crippen LogP) is 3.97. The first-order valence-corrected chi connectivity index (χ1v) is 14.3. The van der Waals surface area contributed by atoms with E-state index in [1.54, 1.807) is 85.8 Å². The van der Waals surface area contributed by atoms with E-state index in [-0.39, 0.29) is 27.7 Å². The van der Waals surface area contributed by atoms with Gasteiger partial charge in [-0.2, -0.15) is 4.90 Å². The number of carbonyl (C=O) groups excluding carboxylic acids is 2. The number of aryl methyl sites for hydroxylation is 1. The average molecular weight is 577 g/mol. The summed E-state index contributed by atoms with van der Waals surface area (Å²) in [6, 6.07) is 13.1. The van der Waals surface area contributed by atoms with Crippen LogP contribution in [0.3, 0.4) is 0 Å². The number of imide groups is 1. The van der Waals surface area contributed by atoms with Gasteiger partial charge >= 0.3 is 12.2 Å². The highest BCUT2D eigenvalue weighted by Crippen LogP contribution is 2.33. The van der Waals surface area contributed by atoms with Crippen LogP contribution < -0.4 is 10.5 Å². The predicted molar refractivity (Wildman–Crippen MR) is 158 cm³/mol. The molecule has 0 radical (unpaired) electrons. The maximum absolute atomic E-state index is 14.1. The Balaban J connectivity index is 2.03. The van der Waals surface area contributed by atoms with Gasteiger partial charge in [0.1, 0.15) is 16.9 Å². The van der Waals surface area contributed by atoms with Crippen molar-refractivity contribution in [3.8, 4) is 11.5 Å². The van der Waals surface area contributed by atoms with E-state index in [1.165, 1.54) is 18.3 Å². The summed E-state index contributed by atoms with van der Waals surface area (Å²) in [5, 5.41) is 0. The Morgan fingerprint density at radius 3 is 2.00 bits per heavy atom. The second-order valence-electron chi connectivity index (χ2n) is 11.5. The van der Waals surface area contributed by atoms with Gasteiger partial charge in [0.2, 0.25) is 0 Å². The molecule has 0 saturated heterocycles. The number of carbonyl (C=O) groups is 2. The number of benzene rings is 2. The maximum atomic E-state index is 14.1. The first-order chi connectivity index (χ1) is 19.0. The van der Waals surface area contributed by atoms with Crippen LogP contribution in [0.1, 0.15) is 47.1 Å². The van der Waals surface area contributed by atoms with Crippen molar-refractivity contribution in [1.29, 1.82) is 0 Å². The third-order valence-electron chi connectivity index (χ3n) is 5.53. The van der Waals surface area contributed by atoms with Gasteiger partial charge in [-0.1, -0.05) is 29.8 Å².